The molecule has 0 amide bonds. The predicted molar refractivity (Wildman–Crippen MR) is 76.4 cm³/mol. The molecule has 0 fully saturated rings. The lowest BCUT2D eigenvalue weighted by atomic mass is 9.81. The summed E-state index contributed by atoms with van der Waals surface area (Å²) in [7, 11) is 0. The summed E-state index contributed by atoms with van der Waals surface area (Å²) < 4.78 is 0. The fraction of sp³-hybridized carbons (Fsp3) is 0.467. The summed E-state index contributed by atoms with van der Waals surface area (Å²) in [6.07, 6.45) is 0. The van der Waals surface area contributed by atoms with Gasteiger partial charge in [-0.05, 0) is 30.2 Å². The molecule has 19 heavy (non-hydrogen) atoms. The van der Waals surface area contributed by atoms with Gasteiger partial charge in [0.2, 0.25) is 0 Å². The Hall–Kier alpha value is -1.52. The van der Waals surface area contributed by atoms with Gasteiger partial charge in [-0.3, -0.25) is 0 Å². The van der Waals surface area contributed by atoms with Crippen molar-refractivity contribution in [2.45, 2.75) is 32.2 Å². The molecule has 4 heteroatoms. The van der Waals surface area contributed by atoms with E-state index in [1.807, 2.05) is 19.1 Å². The van der Waals surface area contributed by atoms with Gasteiger partial charge in [0.25, 0.3) is 0 Å². The first-order valence-corrected chi connectivity index (χ1v) is 6.75. The molecule has 1 heterocycles. The highest BCUT2D eigenvalue weighted by atomic mass is 16.3. The number of phenolic OH excluding ortho intramolecular Hbond substituents is 1. The molecule has 0 saturated carbocycles. The molecule has 102 valence electrons. The Morgan fingerprint density at radius 2 is 2.21 bits per heavy atom. The fourth-order valence-corrected chi connectivity index (χ4v) is 3.20. The maximum Gasteiger partial charge on any atom is 0.116 e. The second-order valence-corrected chi connectivity index (χ2v) is 6.10. The Morgan fingerprint density at radius 3 is 2.89 bits per heavy atom. The second-order valence-electron chi connectivity index (χ2n) is 6.10. The lowest BCUT2D eigenvalue weighted by Gasteiger charge is -2.26. The average molecular weight is 259 g/mol. The molecule has 0 spiro atoms. The number of phenols is 1. The van der Waals surface area contributed by atoms with Crippen LogP contribution in [-0.2, 0) is 5.41 Å². The Kier molecular flexibility index (Phi) is 2.62. The van der Waals surface area contributed by atoms with Crippen molar-refractivity contribution >= 4 is 5.70 Å². The van der Waals surface area contributed by atoms with Crippen molar-refractivity contribution in [2.75, 3.05) is 13.1 Å². The third-order valence-corrected chi connectivity index (χ3v) is 4.16. The first kappa shape index (κ1) is 12.5. The highest BCUT2D eigenvalue weighted by Gasteiger charge is 2.42. The molecular weight excluding hydrogens is 238 g/mol. The maximum atomic E-state index is 9.77. The van der Waals surface area contributed by atoms with Crippen LogP contribution >= 0.6 is 0 Å². The first-order valence-electron chi connectivity index (χ1n) is 6.75. The molecule has 1 aliphatic heterocycles. The van der Waals surface area contributed by atoms with E-state index in [-0.39, 0.29) is 11.5 Å². The van der Waals surface area contributed by atoms with Crippen molar-refractivity contribution < 1.29 is 5.11 Å². The molecule has 0 radical (unpaired) electrons. The van der Waals surface area contributed by atoms with Crippen molar-refractivity contribution in [1.29, 1.82) is 0 Å². The third kappa shape index (κ3) is 1.75. The number of hydrogen-bond donors (Lipinski definition) is 3. The van der Waals surface area contributed by atoms with Crippen LogP contribution in [-0.4, -0.2) is 29.2 Å². The quantitative estimate of drug-likeness (QED) is 0.754. The number of benzene rings is 1. The molecule has 4 nitrogen and oxygen atoms in total. The van der Waals surface area contributed by atoms with Crippen molar-refractivity contribution in [3.63, 3.8) is 0 Å². The summed E-state index contributed by atoms with van der Waals surface area (Å²) in [6, 6.07) is 5.77. The van der Waals surface area contributed by atoms with Crippen LogP contribution < -0.4 is 11.2 Å². The van der Waals surface area contributed by atoms with Gasteiger partial charge in [-0.1, -0.05) is 19.9 Å². The van der Waals surface area contributed by atoms with Gasteiger partial charge in [-0.15, -0.1) is 0 Å². The summed E-state index contributed by atoms with van der Waals surface area (Å²) in [6.45, 7) is 8.10. The fourth-order valence-electron chi connectivity index (χ4n) is 3.20. The monoisotopic (exact) mass is 259 g/mol. The highest BCUT2D eigenvalue weighted by Crippen LogP contribution is 2.49. The standard InChI is InChI=1S/C15H21N3O/c1-9(16)8-18-14-11-6-10(19)4-5-12(11)15(2,3)13(14)7-17-18/h4-6,9,17,19H,7-8,16H2,1-3H3. The molecule has 1 unspecified atom stereocenters. The SMILES string of the molecule is CC(N)CN1NCC2=C1c1cc(O)ccc1C2(C)C. The minimum absolute atomic E-state index is 0.0119. The zero-order valence-corrected chi connectivity index (χ0v) is 11.7. The van der Waals surface area contributed by atoms with Crippen LogP contribution in [0.25, 0.3) is 5.70 Å². The van der Waals surface area contributed by atoms with Crippen LogP contribution in [0, 0.1) is 0 Å². The van der Waals surface area contributed by atoms with Gasteiger partial charge in [0.05, 0.1) is 5.70 Å². The minimum atomic E-state index is 0.0119. The number of nitrogens with one attached hydrogen (secondary N) is 1. The number of aromatic hydroxyl groups is 1. The Labute approximate surface area is 113 Å². The summed E-state index contributed by atoms with van der Waals surface area (Å²) in [4.78, 5) is 0. The normalized spacial score (nSPS) is 21.6. The largest absolute Gasteiger partial charge is 0.508 e. The lowest BCUT2D eigenvalue weighted by Crippen LogP contribution is -2.40. The van der Waals surface area contributed by atoms with Gasteiger partial charge in [-0.2, -0.15) is 0 Å². The molecule has 1 aromatic carbocycles. The summed E-state index contributed by atoms with van der Waals surface area (Å²) in [5, 5.41) is 11.9. The highest BCUT2D eigenvalue weighted by molar-refractivity contribution is 5.81. The Bertz CT molecular complexity index is 561. The predicted octanol–water partition coefficient (Wildman–Crippen LogP) is 1.56. The molecular formula is C15H21N3O. The van der Waals surface area contributed by atoms with Crippen LogP contribution in [0.4, 0.5) is 0 Å². The number of rotatable bonds is 2. The molecule has 4 N–H and O–H groups in total. The van der Waals surface area contributed by atoms with Crippen molar-refractivity contribution in [3.8, 4) is 5.75 Å². The van der Waals surface area contributed by atoms with Gasteiger partial charge in [-0.25, -0.2) is 5.43 Å². The zero-order chi connectivity index (χ0) is 13.8. The van der Waals surface area contributed by atoms with Gasteiger partial charge >= 0.3 is 0 Å². The Morgan fingerprint density at radius 1 is 1.47 bits per heavy atom. The molecule has 0 aromatic heterocycles. The van der Waals surface area contributed by atoms with E-state index in [1.165, 1.54) is 16.8 Å². The van der Waals surface area contributed by atoms with Gasteiger partial charge in [0, 0.05) is 30.1 Å². The van der Waals surface area contributed by atoms with E-state index in [1.54, 1.807) is 6.07 Å². The topological polar surface area (TPSA) is 61.5 Å². The Balaban J connectivity index is 2.11. The number of hydrogen-bond acceptors (Lipinski definition) is 4. The van der Waals surface area contributed by atoms with Gasteiger partial charge < -0.3 is 15.8 Å². The molecule has 1 atom stereocenters. The second kappa shape index (κ2) is 3.99. The number of fused-ring (bicyclic) bond motifs is 2. The van der Waals surface area contributed by atoms with E-state index >= 15 is 0 Å². The van der Waals surface area contributed by atoms with Gasteiger partial charge in [0.15, 0.2) is 0 Å². The number of nitrogens with two attached hydrogens (primary N) is 1. The van der Waals surface area contributed by atoms with E-state index < -0.39 is 0 Å². The van der Waals surface area contributed by atoms with E-state index in [0.717, 1.165) is 18.7 Å². The third-order valence-electron chi connectivity index (χ3n) is 4.16. The lowest BCUT2D eigenvalue weighted by molar-refractivity contribution is 0.305. The summed E-state index contributed by atoms with van der Waals surface area (Å²) in [5.41, 5.74) is 14.3. The van der Waals surface area contributed by atoms with Crippen LogP contribution in [0.1, 0.15) is 31.9 Å². The van der Waals surface area contributed by atoms with Crippen molar-refractivity contribution in [2.24, 2.45) is 5.73 Å². The molecule has 2 aliphatic rings. The summed E-state index contributed by atoms with van der Waals surface area (Å²) in [5.74, 6) is 0.316. The van der Waals surface area contributed by atoms with Crippen LogP contribution in [0.15, 0.2) is 23.8 Å². The molecule has 1 aliphatic carbocycles. The smallest absolute Gasteiger partial charge is 0.116 e. The van der Waals surface area contributed by atoms with E-state index in [0.29, 0.717) is 5.75 Å². The van der Waals surface area contributed by atoms with E-state index in [4.69, 9.17) is 5.73 Å². The molecule has 3 rings (SSSR count). The van der Waals surface area contributed by atoms with E-state index in [9.17, 15) is 5.11 Å². The first-order chi connectivity index (χ1) is 8.91. The number of nitrogens with zero attached hydrogens (tertiary/aromatic N) is 1. The zero-order valence-electron chi connectivity index (χ0n) is 11.7. The van der Waals surface area contributed by atoms with Crippen LogP contribution in [0.2, 0.25) is 0 Å². The van der Waals surface area contributed by atoms with E-state index in [2.05, 4.69) is 24.3 Å². The van der Waals surface area contributed by atoms with Crippen LogP contribution in [0.3, 0.4) is 0 Å². The minimum Gasteiger partial charge on any atom is -0.508 e. The van der Waals surface area contributed by atoms with Crippen LogP contribution in [0.5, 0.6) is 5.75 Å². The molecule has 0 saturated heterocycles. The van der Waals surface area contributed by atoms with Crippen molar-refractivity contribution in [3.05, 3.63) is 34.9 Å². The maximum absolute atomic E-state index is 9.77. The van der Waals surface area contributed by atoms with Crippen molar-refractivity contribution in [1.82, 2.24) is 10.4 Å². The molecule has 1 aromatic rings. The number of hydrazine groups is 1. The average Bonchev–Trinajstić information content (AvgIpc) is 2.79. The van der Waals surface area contributed by atoms with Gasteiger partial charge in [0.1, 0.15) is 5.75 Å². The molecule has 0 bridgehead atoms. The summed E-state index contributed by atoms with van der Waals surface area (Å²) >= 11 is 0.